The Morgan fingerprint density at radius 1 is 1.04 bits per heavy atom. The van der Waals surface area contributed by atoms with Crippen molar-refractivity contribution in [2.45, 2.75) is 13.8 Å². The zero-order valence-corrected chi connectivity index (χ0v) is 13.6. The number of rotatable bonds is 6. The highest BCUT2D eigenvalue weighted by atomic mass is 16.5. The highest BCUT2D eigenvalue weighted by Gasteiger charge is 2.13. The van der Waals surface area contributed by atoms with E-state index in [1.165, 1.54) is 6.08 Å². The van der Waals surface area contributed by atoms with Gasteiger partial charge in [-0.15, -0.1) is 0 Å². The maximum absolute atomic E-state index is 12.4. The molecule has 2 aromatic carbocycles. The molecular weight excluding hydrogens is 306 g/mol. The maximum atomic E-state index is 12.4. The van der Waals surface area contributed by atoms with Gasteiger partial charge in [-0.05, 0) is 38.1 Å². The molecule has 0 radical (unpaired) electrons. The molecule has 0 aliphatic heterocycles. The van der Waals surface area contributed by atoms with Crippen molar-refractivity contribution < 1.29 is 19.1 Å². The van der Waals surface area contributed by atoms with Gasteiger partial charge in [0.05, 0.1) is 12.2 Å². The van der Waals surface area contributed by atoms with Crippen molar-refractivity contribution in [2.24, 2.45) is 0 Å². The van der Waals surface area contributed by atoms with Crippen LogP contribution in [0.1, 0.15) is 24.2 Å². The summed E-state index contributed by atoms with van der Waals surface area (Å²) in [5, 5.41) is 2.65. The Morgan fingerprint density at radius 3 is 2.42 bits per heavy atom. The van der Waals surface area contributed by atoms with Crippen LogP contribution >= 0.6 is 0 Å². The molecule has 124 valence electrons. The molecule has 0 spiro atoms. The Balaban J connectivity index is 2.14. The van der Waals surface area contributed by atoms with Crippen molar-refractivity contribution in [1.82, 2.24) is 5.32 Å². The number of hydrogen-bond acceptors (Lipinski definition) is 4. The number of carbonyl (C=O) groups excluding carboxylic acids is 2. The second-order valence-corrected chi connectivity index (χ2v) is 4.94. The summed E-state index contributed by atoms with van der Waals surface area (Å²) in [6.07, 6.45) is 1.24. The highest BCUT2D eigenvalue weighted by molar-refractivity contribution is 5.98. The third-order valence-corrected chi connectivity index (χ3v) is 3.03. The van der Waals surface area contributed by atoms with E-state index in [1.807, 2.05) is 18.2 Å². The minimum atomic E-state index is -0.496. The van der Waals surface area contributed by atoms with Crippen LogP contribution < -0.4 is 10.1 Å². The van der Waals surface area contributed by atoms with Crippen molar-refractivity contribution in [3.8, 4) is 11.5 Å². The van der Waals surface area contributed by atoms with E-state index < -0.39 is 5.97 Å². The average Bonchev–Trinajstić information content (AvgIpc) is 2.56. The Hall–Kier alpha value is -3.08. The van der Waals surface area contributed by atoms with Crippen LogP contribution in [0.25, 0.3) is 0 Å². The van der Waals surface area contributed by atoms with E-state index in [1.54, 1.807) is 50.2 Å². The minimum absolute atomic E-state index is 0.282. The summed E-state index contributed by atoms with van der Waals surface area (Å²) in [6, 6.07) is 16.1. The van der Waals surface area contributed by atoms with Crippen LogP contribution in [0.15, 0.2) is 66.4 Å². The summed E-state index contributed by atoms with van der Waals surface area (Å²) < 4.78 is 10.6. The molecule has 5 nitrogen and oxygen atoms in total. The first-order valence-corrected chi connectivity index (χ1v) is 7.58. The van der Waals surface area contributed by atoms with E-state index in [4.69, 9.17) is 9.47 Å². The molecule has 24 heavy (non-hydrogen) atoms. The lowest BCUT2D eigenvalue weighted by molar-refractivity contribution is -0.137. The zero-order valence-electron chi connectivity index (χ0n) is 13.6. The van der Waals surface area contributed by atoms with Crippen LogP contribution in [0.3, 0.4) is 0 Å². The zero-order chi connectivity index (χ0) is 17.4. The second kappa shape index (κ2) is 8.53. The number of para-hydroxylation sites is 2. The molecule has 1 N–H and O–H groups in total. The quantitative estimate of drug-likeness (QED) is 0.650. The molecule has 0 aliphatic rings. The molecule has 2 rings (SSSR count). The largest absolute Gasteiger partial charge is 0.463 e. The van der Waals surface area contributed by atoms with E-state index in [2.05, 4.69) is 5.32 Å². The maximum Gasteiger partial charge on any atom is 0.332 e. The molecule has 0 saturated carbocycles. The molecule has 0 aromatic heterocycles. The van der Waals surface area contributed by atoms with Crippen molar-refractivity contribution in [3.05, 3.63) is 71.9 Å². The van der Waals surface area contributed by atoms with E-state index in [9.17, 15) is 9.59 Å². The Bertz CT molecular complexity index is 738. The van der Waals surface area contributed by atoms with Gasteiger partial charge in [0.25, 0.3) is 5.91 Å². The number of benzene rings is 2. The lowest BCUT2D eigenvalue weighted by atomic mass is 10.2. The van der Waals surface area contributed by atoms with Gasteiger partial charge in [-0.2, -0.15) is 0 Å². The summed E-state index contributed by atoms with van der Waals surface area (Å²) in [4.78, 5) is 23.8. The smallest absolute Gasteiger partial charge is 0.332 e. The molecular formula is C19H19NO4. The van der Waals surface area contributed by atoms with Gasteiger partial charge in [-0.1, -0.05) is 30.3 Å². The van der Waals surface area contributed by atoms with Gasteiger partial charge in [0.2, 0.25) is 0 Å². The standard InChI is InChI=1S/C19H19NO4/c1-3-23-18(21)13-14(2)20-19(22)16-11-7-8-12-17(16)24-15-9-5-4-6-10-15/h4-13H,3H2,1-2H3,(H,20,22). The molecule has 0 saturated heterocycles. The normalized spacial score (nSPS) is 10.8. The van der Waals surface area contributed by atoms with Crippen LogP contribution in [0.5, 0.6) is 11.5 Å². The molecule has 0 fully saturated rings. The molecule has 0 aliphatic carbocycles. The monoisotopic (exact) mass is 325 g/mol. The molecule has 0 bridgehead atoms. The Labute approximate surface area is 140 Å². The fourth-order valence-electron chi connectivity index (χ4n) is 2.00. The first kappa shape index (κ1) is 17.3. The summed E-state index contributed by atoms with van der Waals surface area (Å²) in [5.41, 5.74) is 0.769. The lowest BCUT2D eigenvalue weighted by Crippen LogP contribution is -2.22. The van der Waals surface area contributed by atoms with Gasteiger partial charge >= 0.3 is 5.97 Å². The van der Waals surface area contributed by atoms with E-state index in [0.29, 0.717) is 22.8 Å². The van der Waals surface area contributed by atoms with Crippen LogP contribution in [-0.2, 0) is 9.53 Å². The van der Waals surface area contributed by atoms with Gasteiger partial charge < -0.3 is 14.8 Å². The summed E-state index contributed by atoms with van der Waals surface area (Å²) in [6.45, 7) is 3.62. The van der Waals surface area contributed by atoms with E-state index >= 15 is 0 Å². The third kappa shape index (κ3) is 4.98. The van der Waals surface area contributed by atoms with Gasteiger partial charge in [-0.25, -0.2) is 4.79 Å². The third-order valence-electron chi connectivity index (χ3n) is 3.03. The van der Waals surface area contributed by atoms with Gasteiger partial charge in [0.15, 0.2) is 0 Å². The number of nitrogens with one attached hydrogen (secondary N) is 1. The van der Waals surface area contributed by atoms with Gasteiger partial charge in [0.1, 0.15) is 11.5 Å². The summed E-state index contributed by atoms with van der Waals surface area (Å²) in [7, 11) is 0. The molecule has 5 heteroatoms. The van der Waals surface area contributed by atoms with E-state index in [-0.39, 0.29) is 12.5 Å². The minimum Gasteiger partial charge on any atom is -0.463 e. The van der Waals surface area contributed by atoms with Crippen LogP contribution in [0.4, 0.5) is 0 Å². The fourth-order valence-corrected chi connectivity index (χ4v) is 2.00. The lowest BCUT2D eigenvalue weighted by Gasteiger charge is -2.11. The number of hydrogen-bond donors (Lipinski definition) is 1. The van der Waals surface area contributed by atoms with Crippen molar-refractivity contribution >= 4 is 11.9 Å². The molecule has 1 amide bonds. The predicted octanol–water partition coefficient (Wildman–Crippen LogP) is 3.68. The SMILES string of the molecule is CCOC(=O)C=C(C)NC(=O)c1ccccc1Oc1ccccc1. The average molecular weight is 325 g/mol. The second-order valence-electron chi connectivity index (χ2n) is 4.94. The number of amides is 1. The predicted molar refractivity (Wildman–Crippen MR) is 90.8 cm³/mol. The van der Waals surface area contributed by atoms with Crippen molar-refractivity contribution in [2.75, 3.05) is 6.61 Å². The fraction of sp³-hybridized carbons (Fsp3) is 0.158. The number of allylic oxidation sites excluding steroid dienone is 1. The summed E-state index contributed by atoms with van der Waals surface area (Å²) in [5.74, 6) is 0.213. The van der Waals surface area contributed by atoms with Gasteiger partial charge in [0, 0.05) is 11.8 Å². The highest BCUT2D eigenvalue weighted by Crippen LogP contribution is 2.25. The van der Waals surface area contributed by atoms with Crippen LogP contribution in [0.2, 0.25) is 0 Å². The van der Waals surface area contributed by atoms with E-state index in [0.717, 1.165) is 0 Å². The summed E-state index contributed by atoms with van der Waals surface area (Å²) >= 11 is 0. The molecule has 0 unspecified atom stereocenters. The van der Waals surface area contributed by atoms with Crippen molar-refractivity contribution in [1.29, 1.82) is 0 Å². The number of carbonyl (C=O) groups is 2. The Morgan fingerprint density at radius 2 is 1.71 bits per heavy atom. The van der Waals surface area contributed by atoms with Crippen molar-refractivity contribution in [3.63, 3.8) is 0 Å². The first-order chi connectivity index (χ1) is 11.6. The molecule has 2 aromatic rings. The molecule has 0 heterocycles. The topological polar surface area (TPSA) is 64.6 Å². The number of esters is 1. The van der Waals surface area contributed by atoms with Crippen LogP contribution in [-0.4, -0.2) is 18.5 Å². The van der Waals surface area contributed by atoms with Crippen LogP contribution in [0, 0.1) is 0 Å². The number of ether oxygens (including phenoxy) is 2. The molecule has 0 atom stereocenters. The Kier molecular flexibility index (Phi) is 6.14. The van der Waals surface area contributed by atoms with Gasteiger partial charge in [-0.3, -0.25) is 4.79 Å². The first-order valence-electron chi connectivity index (χ1n) is 7.58.